The lowest BCUT2D eigenvalue weighted by atomic mass is 10.2. The highest BCUT2D eigenvalue weighted by atomic mass is 35.5. The van der Waals surface area contributed by atoms with Gasteiger partial charge in [-0.3, -0.25) is 4.79 Å². The van der Waals surface area contributed by atoms with E-state index in [0.717, 1.165) is 5.56 Å². The number of amides is 1. The van der Waals surface area contributed by atoms with Crippen molar-refractivity contribution in [2.24, 2.45) is 0 Å². The summed E-state index contributed by atoms with van der Waals surface area (Å²) in [6, 6.07) is 11.8. The number of fused-ring (bicyclic) bond motifs is 1. The second-order valence-corrected chi connectivity index (χ2v) is 7.19. The van der Waals surface area contributed by atoms with Gasteiger partial charge in [-0.2, -0.15) is 0 Å². The summed E-state index contributed by atoms with van der Waals surface area (Å²) in [7, 11) is 1.70. The molecule has 0 saturated heterocycles. The van der Waals surface area contributed by atoms with Crippen LogP contribution in [0.1, 0.15) is 21.9 Å². The van der Waals surface area contributed by atoms with Crippen LogP contribution in [-0.4, -0.2) is 49.4 Å². The summed E-state index contributed by atoms with van der Waals surface area (Å²) >= 11 is 5.89. The van der Waals surface area contributed by atoms with Crippen LogP contribution >= 0.6 is 11.6 Å². The van der Waals surface area contributed by atoms with E-state index in [0.29, 0.717) is 41.4 Å². The number of H-pyrrole nitrogens is 1. The number of carbonyl (C=O) groups excluding carboxylic acids is 1. The van der Waals surface area contributed by atoms with E-state index in [1.165, 1.54) is 12.1 Å². The first-order valence-electron chi connectivity index (χ1n) is 9.02. The zero-order valence-corrected chi connectivity index (χ0v) is 16.4. The molecule has 0 aliphatic heterocycles. The maximum atomic E-state index is 13.3. The summed E-state index contributed by atoms with van der Waals surface area (Å²) in [6.07, 6.45) is 2.13. The third-order valence-corrected chi connectivity index (χ3v) is 4.79. The number of hydrogen-bond donors (Lipinski definition) is 1. The van der Waals surface area contributed by atoms with Gasteiger partial charge in [0.1, 0.15) is 11.6 Å². The van der Waals surface area contributed by atoms with E-state index in [1.807, 2.05) is 12.1 Å². The molecule has 2 heterocycles. The molecular weight excluding hydrogens is 395 g/mol. The Kier molecular flexibility index (Phi) is 5.26. The fourth-order valence-electron chi connectivity index (χ4n) is 2.97. The first-order chi connectivity index (χ1) is 14.0. The lowest BCUT2D eigenvalue weighted by Crippen LogP contribution is -2.29. The van der Waals surface area contributed by atoms with Gasteiger partial charge in [-0.15, -0.1) is 5.10 Å². The van der Waals surface area contributed by atoms with E-state index >= 15 is 0 Å². The number of aromatic nitrogens is 5. The van der Waals surface area contributed by atoms with Crippen LogP contribution in [-0.2, 0) is 13.0 Å². The molecule has 0 fully saturated rings. The molecule has 0 bridgehead atoms. The van der Waals surface area contributed by atoms with Crippen LogP contribution < -0.4 is 0 Å². The Labute approximate surface area is 171 Å². The van der Waals surface area contributed by atoms with Crippen molar-refractivity contribution in [1.82, 2.24) is 29.9 Å². The fourth-order valence-corrected chi connectivity index (χ4v) is 3.10. The third kappa shape index (κ3) is 4.43. The average molecular weight is 413 g/mol. The summed E-state index contributed by atoms with van der Waals surface area (Å²) in [6.45, 7) is 0.932. The van der Waals surface area contributed by atoms with E-state index in [2.05, 4.69) is 20.3 Å². The fraction of sp³-hybridized carbons (Fsp3) is 0.200. The number of nitrogens with one attached hydrogen (secondary N) is 1. The molecule has 148 valence electrons. The monoisotopic (exact) mass is 412 g/mol. The van der Waals surface area contributed by atoms with Gasteiger partial charge in [-0.25, -0.2) is 14.1 Å². The molecule has 4 rings (SSSR count). The van der Waals surface area contributed by atoms with Gasteiger partial charge in [0.2, 0.25) is 0 Å². The minimum atomic E-state index is -0.318. The normalized spacial score (nSPS) is 11.1. The third-order valence-electron chi connectivity index (χ3n) is 4.54. The maximum absolute atomic E-state index is 13.3. The molecule has 0 radical (unpaired) electrons. The summed E-state index contributed by atoms with van der Waals surface area (Å²) < 4.78 is 14.9. The highest BCUT2D eigenvalue weighted by molar-refractivity contribution is 6.30. The van der Waals surface area contributed by atoms with Crippen molar-refractivity contribution in [3.05, 3.63) is 76.6 Å². The molecule has 1 amide bonds. The Bertz CT molecular complexity index is 1150. The zero-order chi connectivity index (χ0) is 20.4. The number of likely N-dealkylation sites (N-methyl/N-ethyl adjacent to an activating group) is 1. The summed E-state index contributed by atoms with van der Waals surface area (Å²) in [5, 5.41) is 8.67. The van der Waals surface area contributed by atoms with Crippen molar-refractivity contribution in [3.63, 3.8) is 0 Å². The van der Waals surface area contributed by atoms with Gasteiger partial charge >= 0.3 is 0 Å². The summed E-state index contributed by atoms with van der Waals surface area (Å²) in [4.78, 5) is 21.7. The first kappa shape index (κ1) is 19.1. The van der Waals surface area contributed by atoms with Crippen LogP contribution in [0.5, 0.6) is 0 Å². The molecule has 0 spiro atoms. The second-order valence-electron chi connectivity index (χ2n) is 6.75. The molecule has 0 aliphatic carbocycles. The zero-order valence-electron chi connectivity index (χ0n) is 15.6. The average Bonchev–Trinajstić information content (AvgIpc) is 3.33. The molecular formula is C20H18ClFN6O. The Hall–Kier alpha value is -3.26. The molecule has 0 aliphatic rings. The van der Waals surface area contributed by atoms with Crippen LogP contribution in [0.25, 0.3) is 11.0 Å². The van der Waals surface area contributed by atoms with Crippen LogP contribution in [0.4, 0.5) is 4.39 Å². The Morgan fingerprint density at radius 1 is 1.24 bits per heavy atom. The topological polar surface area (TPSA) is 79.7 Å². The van der Waals surface area contributed by atoms with Gasteiger partial charge in [0.25, 0.3) is 5.91 Å². The number of rotatable bonds is 6. The molecule has 2 aromatic heterocycles. The van der Waals surface area contributed by atoms with Gasteiger partial charge in [-0.05, 0) is 35.9 Å². The van der Waals surface area contributed by atoms with Crippen molar-refractivity contribution in [3.8, 4) is 0 Å². The van der Waals surface area contributed by atoms with Crippen molar-refractivity contribution in [1.29, 1.82) is 0 Å². The van der Waals surface area contributed by atoms with Crippen LogP contribution in [0.2, 0.25) is 5.02 Å². The number of imidazole rings is 1. The summed E-state index contributed by atoms with van der Waals surface area (Å²) in [5.41, 5.74) is 2.61. The Morgan fingerprint density at radius 3 is 2.83 bits per heavy atom. The minimum Gasteiger partial charge on any atom is -0.342 e. The van der Waals surface area contributed by atoms with E-state index < -0.39 is 0 Å². The minimum absolute atomic E-state index is 0.227. The van der Waals surface area contributed by atoms with Crippen molar-refractivity contribution in [2.45, 2.75) is 13.0 Å². The number of nitrogens with zero attached hydrogens (tertiary/aromatic N) is 5. The van der Waals surface area contributed by atoms with Gasteiger partial charge in [0.05, 0.1) is 23.8 Å². The van der Waals surface area contributed by atoms with Crippen molar-refractivity contribution in [2.75, 3.05) is 13.6 Å². The largest absolute Gasteiger partial charge is 0.342 e. The van der Waals surface area contributed by atoms with Gasteiger partial charge < -0.3 is 9.88 Å². The van der Waals surface area contributed by atoms with E-state index in [1.54, 1.807) is 41.0 Å². The Balaban J connectivity index is 1.37. The molecule has 0 atom stereocenters. The molecule has 0 saturated carbocycles. The SMILES string of the molecule is CN(CCc1nc2ccc(F)cc2[nH]1)C(=O)c1cn(Cc2ccc(Cl)cc2)nn1. The number of halogens is 2. The molecule has 2 aromatic carbocycles. The van der Waals surface area contributed by atoms with E-state index in [-0.39, 0.29) is 17.4 Å². The molecule has 0 unspecified atom stereocenters. The number of carbonyl (C=O) groups is 1. The lowest BCUT2D eigenvalue weighted by Gasteiger charge is -2.14. The van der Waals surface area contributed by atoms with Crippen LogP contribution in [0.15, 0.2) is 48.7 Å². The molecule has 29 heavy (non-hydrogen) atoms. The smallest absolute Gasteiger partial charge is 0.275 e. The first-order valence-corrected chi connectivity index (χ1v) is 9.40. The van der Waals surface area contributed by atoms with Crippen LogP contribution in [0, 0.1) is 5.82 Å². The molecule has 9 heteroatoms. The molecule has 7 nitrogen and oxygen atoms in total. The van der Waals surface area contributed by atoms with Crippen molar-refractivity contribution >= 4 is 28.5 Å². The van der Waals surface area contributed by atoms with Gasteiger partial charge in [0.15, 0.2) is 5.69 Å². The van der Waals surface area contributed by atoms with E-state index in [9.17, 15) is 9.18 Å². The maximum Gasteiger partial charge on any atom is 0.275 e. The second kappa shape index (κ2) is 8.00. The predicted molar refractivity (Wildman–Crippen MR) is 107 cm³/mol. The number of aromatic amines is 1. The quantitative estimate of drug-likeness (QED) is 0.527. The highest BCUT2D eigenvalue weighted by Gasteiger charge is 2.16. The van der Waals surface area contributed by atoms with Gasteiger partial charge in [-0.1, -0.05) is 28.9 Å². The predicted octanol–water partition coefficient (Wildman–Crippen LogP) is 3.31. The molecule has 1 N–H and O–H groups in total. The summed E-state index contributed by atoms with van der Waals surface area (Å²) in [5.74, 6) is 0.146. The Morgan fingerprint density at radius 2 is 2.03 bits per heavy atom. The lowest BCUT2D eigenvalue weighted by molar-refractivity contribution is 0.0790. The molecule has 4 aromatic rings. The number of benzene rings is 2. The van der Waals surface area contributed by atoms with Gasteiger partial charge in [0, 0.05) is 25.0 Å². The standard InChI is InChI=1S/C20H18ClFN6O/c1-27(9-8-19-23-16-7-6-15(22)10-17(16)24-19)20(29)18-12-28(26-25-18)11-13-2-4-14(21)5-3-13/h2-7,10,12H,8-9,11H2,1H3,(H,23,24). The van der Waals surface area contributed by atoms with E-state index in [4.69, 9.17) is 11.6 Å². The highest BCUT2D eigenvalue weighted by Crippen LogP contribution is 2.14. The van der Waals surface area contributed by atoms with Crippen molar-refractivity contribution < 1.29 is 9.18 Å². The number of hydrogen-bond acceptors (Lipinski definition) is 4. The van der Waals surface area contributed by atoms with Crippen LogP contribution in [0.3, 0.4) is 0 Å².